The second-order valence-electron chi connectivity index (χ2n) is 7.54. The van der Waals surface area contributed by atoms with E-state index in [0.717, 1.165) is 6.07 Å². The van der Waals surface area contributed by atoms with Crippen LogP contribution in [-0.4, -0.2) is 45.0 Å². The zero-order valence-electron chi connectivity index (χ0n) is 18.1. The van der Waals surface area contributed by atoms with Crippen LogP contribution in [0.15, 0.2) is 30.3 Å². The molecule has 0 spiro atoms. The van der Waals surface area contributed by atoms with Gasteiger partial charge in [-0.3, -0.25) is 9.52 Å². The number of pyridine rings is 1. The van der Waals surface area contributed by atoms with Gasteiger partial charge >= 0.3 is 12.1 Å². The van der Waals surface area contributed by atoms with E-state index < -0.39 is 51.0 Å². The van der Waals surface area contributed by atoms with E-state index in [9.17, 15) is 36.4 Å². The summed E-state index contributed by atoms with van der Waals surface area (Å²) in [5.74, 6) is -3.84. The zero-order valence-corrected chi connectivity index (χ0v) is 19.7. The standard InChI is InChI=1S/C21H18ClF3N4O5S/c1-2-34-20(31)16-7-13(8-26)18(27-17(16)21(23,24)25)29-9-14(10-29)19(30)28-35(32,33)11-12-3-5-15(22)6-4-12/h3-7,14H,2,9-11H2,1H3,(H,28,30). The van der Waals surface area contributed by atoms with Crippen LogP contribution >= 0.6 is 11.6 Å². The van der Waals surface area contributed by atoms with E-state index in [4.69, 9.17) is 11.6 Å². The van der Waals surface area contributed by atoms with Gasteiger partial charge in [0.05, 0.1) is 29.4 Å². The number of esters is 1. The van der Waals surface area contributed by atoms with Crippen LogP contribution in [0.1, 0.15) is 34.1 Å². The van der Waals surface area contributed by atoms with Crippen molar-refractivity contribution in [2.24, 2.45) is 5.92 Å². The number of halogens is 4. The van der Waals surface area contributed by atoms with E-state index in [-0.39, 0.29) is 31.1 Å². The highest BCUT2D eigenvalue weighted by Gasteiger charge is 2.42. The summed E-state index contributed by atoms with van der Waals surface area (Å²) < 4.78 is 71.8. The molecule has 1 aliphatic rings. The molecule has 1 saturated heterocycles. The van der Waals surface area contributed by atoms with Gasteiger partial charge in [-0.1, -0.05) is 23.7 Å². The number of anilines is 1. The van der Waals surface area contributed by atoms with Crippen molar-refractivity contribution in [3.63, 3.8) is 0 Å². The summed E-state index contributed by atoms with van der Waals surface area (Å²) in [7, 11) is -4.04. The van der Waals surface area contributed by atoms with Crippen LogP contribution in [0.2, 0.25) is 5.02 Å². The van der Waals surface area contributed by atoms with Crippen LogP contribution in [0.5, 0.6) is 0 Å². The van der Waals surface area contributed by atoms with E-state index in [1.807, 2.05) is 4.72 Å². The largest absolute Gasteiger partial charge is 0.462 e. The third-order valence-electron chi connectivity index (χ3n) is 4.96. The molecule has 1 amide bonds. The molecule has 35 heavy (non-hydrogen) atoms. The maximum absolute atomic E-state index is 13.5. The molecular formula is C21H18ClF3N4O5S. The lowest BCUT2D eigenvalue weighted by molar-refractivity contribution is -0.141. The lowest BCUT2D eigenvalue weighted by Gasteiger charge is -2.39. The van der Waals surface area contributed by atoms with Crippen molar-refractivity contribution in [3.05, 3.63) is 57.7 Å². The van der Waals surface area contributed by atoms with Crippen LogP contribution in [-0.2, 0) is 31.5 Å². The van der Waals surface area contributed by atoms with E-state index in [1.165, 1.54) is 36.1 Å². The first-order valence-corrected chi connectivity index (χ1v) is 12.1. The molecule has 0 unspecified atom stereocenters. The number of hydrogen-bond donors (Lipinski definition) is 1. The second kappa shape index (κ2) is 10.1. The Labute approximate surface area is 203 Å². The van der Waals surface area contributed by atoms with Crippen LogP contribution < -0.4 is 9.62 Å². The van der Waals surface area contributed by atoms with E-state index in [0.29, 0.717) is 10.6 Å². The molecule has 0 atom stereocenters. The number of amides is 1. The van der Waals surface area contributed by atoms with E-state index >= 15 is 0 Å². The number of alkyl halides is 3. The van der Waals surface area contributed by atoms with Gasteiger partial charge in [0.25, 0.3) is 0 Å². The molecule has 186 valence electrons. The summed E-state index contributed by atoms with van der Waals surface area (Å²) in [6, 6.07) is 8.41. The SMILES string of the molecule is CCOC(=O)c1cc(C#N)c(N2CC(C(=O)NS(=O)(=O)Cc3ccc(Cl)cc3)C2)nc1C(F)(F)F. The minimum Gasteiger partial charge on any atom is -0.462 e. The Morgan fingerprint density at radius 1 is 1.29 bits per heavy atom. The molecule has 0 saturated carbocycles. The highest BCUT2D eigenvalue weighted by molar-refractivity contribution is 7.89. The van der Waals surface area contributed by atoms with Crippen molar-refractivity contribution in [1.82, 2.24) is 9.71 Å². The molecule has 1 N–H and O–H groups in total. The highest BCUT2D eigenvalue weighted by Crippen LogP contribution is 2.35. The molecule has 1 aromatic carbocycles. The van der Waals surface area contributed by atoms with Gasteiger partial charge in [0.15, 0.2) is 5.69 Å². The molecule has 14 heteroatoms. The molecule has 2 heterocycles. The quantitative estimate of drug-likeness (QED) is 0.541. The number of nitrogens with one attached hydrogen (secondary N) is 1. The fourth-order valence-corrected chi connectivity index (χ4v) is 4.60. The Balaban J connectivity index is 1.74. The number of nitrogens with zero attached hydrogens (tertiary/aromatic N) is 3. The van der Waals surface area contributed by atoms with Crippen LogP contribution in [0.25, 0.3) is 0 Å². The molecule has 0 bridgehead atoms. The predicted octanol–water partition coefficient (Wildman–Crippen LogP) is 2.88. The number of nitriles is 1. The Bertz CT molecular complexity index is 1290. The van der Waals surface area contributed by atoms with Crippen molar-refractivity contribution in [2.75, 3.05) is 24.6 Å². The normalized spacial score (nSPS) is 14.1. The van der Waals surface area contributed by atoms with Crippen LogP contribution in [0.3, 0.4) is 0 Å². The summed E-state index contributed by atoms with van der Waals surface area (Å²) in [6.45, 7) is 0.878. The number of carbonyl (C=O) groups is 2. The maximum atomic E-state index is 13.5. The molecular weight excluding hydrogens is 513 g/mol. The minimum atomic E-state index is -5.01. The smallest absolute Gasteiger partial charge is 0.434 e. The average molecular weight is 531 g/mol. The molecule has 0 aliphatic carbocycles. The predicted molar refractivity (Wildman–Crippen MR) is 118 cm³/mol. The van der Waals surface area contributed by atoms with Crippen LogP contribution in [0, 0.1) is 17.2 Å². The Morgan fingerprint density at radius 2 is 1.91 bits per heavy atom. The van der Waals surface area contributed by atoms with Gasteiger partial charge < -0.3 is 9.64 Å². The van der Waals surface area contributed by atoms with Crippen molar-refractivity contribution in [2.45, 2.75) is 18.9 Å². The number of rotatable bonds is 7. The lowest BCUT2D eigenvalue weighted by atomic mass is 9.98. The van der Waals surface area contributed by atoms with Crippen molar-refractivity contribution >= 4 is 39.3 Å². The summed E-state index contributed by atoms with van der Waals surface area (Å²) in [5.41, 5.74) is -2.35. The highest BCUT2D eigenvalue weighted by atomic mass is 35.5. The summed E-state index contributed by atoms with van der Waals surface area (Å²) in [4.78, 5) is 29.1. The maximum Gasteiger partial charge on any atom is 0.434 e. The first-order chi connectivity index (χ1) is 16.3. The Morgan fingerprint density at radius 3 is 2.46 bits per heavy atom. The number of aromatic nitrogens is 1. The van der Waals surface area contributed by atoms with Gasteiger partial charge in [-0.25, -0.2) is 18.2 Å². The average Bonchev–Trinajstić information content (AvgIpc) is 2.72. The van der Waals surface area contributed by atoms with Crippen molar-refractivity contribution in [3.8, 4) is 6.07 Å². The topological polar surface area (TPSA) is 129 Å². The zero-order chi connectivity index (χ0) is 26.0. The number of hydrogen-bond acceptors (Lipinski definition) is 8. The van der Waals surface area contributed by atoms with E-state index in [1.54, 1.807) is 6.07 Å². The number of carbonyl (C=O) groups excluding carboxylic acids is 2. The summed E-state index contributed by atoms with van der Waals surface area (Å²) in [6.07, 6.45) is -5.01. The van der Waals surface area contributed by atoms with Gasteiger partial charge in [-0.15, -0.1) is 0 Å². The molecule has 2 aromatic rings. The third kappa shape index (κ3) is 6.20. The molecule has 1 aliphatic heterocycles. The number of benzene rings is 1. The molecule has 9 nitrogen and oxygen atoms in total. The molecule has 1 fully saturated rings. The summed E-state index contributed by atoms with van der Waals surface area (Å²) >= 11 is 5.76. The monoisotopic (exact) mass is 530 g/mol. The first kappa shape index (κ1) is 26.2. The van der Waals surface area contributed by atoms with Gasteiger partial charge in [0.1, 0.15) is 11.9 Å². The minimum absolute atomic E-state index is 0.177. The van der Waals surface area contributed by atoms with Gasteiger partial charge in [0.2, 0.25) is 15.9 Å². The Hall–Kier alpha value is -3.37. The second-order valence-corrected chi connectivity index (χ2v) is 9.70. The van der Waals surface area contributed by atoms with Crippen molar-refractivity contribution in [1.29, 1.82) is 5.26 Å². The van der Waals surface area contributed by atoms with Gasteiger partial charge in [-0.05, 0) is 30.7 Å². The number of sulfonamides is 1. The van der Waals surface area contributed by atoms with E-state index in [2.05, 4.69) is 9.72 Å². The third-order valence-corrected chi connectivity index (χ3v) is 6.44. The molecule has 3 rings (SSSR count). The fraction of sp³-hybridized carbons (Fsp3) is 0.333. The first-order valence-electron chi connectivity index (χ1n) is 10.1. The molecule has 0 radical (unpaired) electrons. The number of ether oxygens (including phenoxy) is 1. The molecule has 1 aromatic heterocycles. The summed E-state index contributed by atoms with van der Waals surface area (Å²) in [5, 5.41) is 9.80. The fourth-order valence-electron chi connectivity index (χ4n) is 3.30. The van der Waals surface area contributed by atoms with Crippen LogP contribution in [0.4, 0.5) is 19.0 Å². The van der Waals surface area contributed by atoms with Gasteiger partial charge in [-0.2, -0.15) is 18.4 Å². The van der Waals surface area contributed by atoms with Crippen molar-refractivity contribution < 1.29 is 35.9 Å². The lowest BCUT2D eigenvalue weighted by Crippen LogP contribution is -2.55. The van der Waals surface area contributed by atoms with Gasteiger partial charge in [0, 0.05) is 18.1 Å². The Kier molecular flexibility index (Phi) is 7.56.